The molecule has 2 aliphatic rings. The summed E-state index contributed by atoms with van der Waals surface area (Å²) in [7, 11) is -3.77. The number of benzene rings is 3. The maximum atomic E-state index is 13.3. The summed E-state index contributed by atoms with van der Waals surface area (Å²) in [5, 5.41) is 0. The Morgan fingerprint density at radius 2 is 1.57 bits per heavy atom. The maximum Gasteiger partial charge on any atom is 0.338 e. The van der Waals surface area contributed by atoms with Gasteiger partial charge in [0.25, 0.3) is 15.9 Å². The molecule has 7 nitrogen and oxygen atoms in total. The number of fused-ring (bicyclic) bond motifs is 2. The summed E-state index contributed by atoms with van der Waals surface area (Å²) in [5.41, 5.74) is 3.81. The predicted molar refractivity (Wildman–Crippen MR) is 133 cm³/mol. The summed E-state index contributed by atoms with van der Waals surface area (Å²) >= 11 is 0. The zero-order valence-electron chi connectivity index (χ0n) is 19.4. The third kappa shape index (κ3) is 4.30. The fourth-order valence-corrected chi connectivity index (χ4v) is 6.41. The summed E-state index contributed by atoms with van der Waals surface area (Å²) in [5.74, 6) is -0.968. The molecule has 0 spiro atoms. The molecule has 1 amide bonds. The molecule has 5 rings (SSSR count). The van der Waals surface area contributed by atoms with Gasteiger partial charge in [-0.2, -0.15) is 0 Å². The number of rotatable bonds is 5. The van der Waals surface area contributed by atoms with Crippen molar-refractivity contribution in [2.45, 2.75) is 37.1 Å². The summed E-state index contributed by atoms with van der Waals surface area (Å²) in [6.45, 7) is 1.98. The van der Waals surface area contributed by atoms with Crippen LogP contribution in [0.5, 0.6) is 0 Å². The Kier molecular flexibility index (Phi) is 6.06. The van der Waals surface area contributed by atoms with Crippen LogP contribution < -0.4 is 9.21 Å². The highest BCUT2D eigenvalue weighted by atomic mass is 32.2. The van der Waals surface area contributed by atoms with E-state index in [1.54, 1.807) is 4.90 Å². The smallest absolute Gasteiger partial charge is 0.338 e. The molecule has 0 aliphatic carbocycles. The van der Waals surface area contributed by atoms with E-state index in [0.717, 1.165) is 36.1 Å². The van der Waals surface area contributed by atoms with Gasteiger partial charge in [0.2, 0.25) is 0 Å². The van der Waals surface area contributed by atoms with Crippen molar-refractivity contribution in [2.24, 2.45) is 0 Å². The highest BCUT2D eigenvalue weighted by Crippen LogP contribution is 2.33. The van der Waals surface area contributed by atoms with Crippen LogP contribution in [0.3, 0.4) is 0 Å². The van der Waals surface area contributed by atoms with Crippen molar-refractivity contribution in [3.63, 3.8) is 0 Å². The zero-order valence-corrected chi connectivity index (χ0v) is 20.2. The molecule has 0 saturated heterocycles. The second-order valence-electron chi connectivity index (χ2n) is 8.86. The molecule has 0 unspecified atom stereocenters. The van der Waals surface area contributed by atoms with Gasteiger partial charge >= 0.3 is 5.97 Å². The number of amides is 1. The van der Waals surface area contributed by atoms with E-state index in [1.807, 2.05) is 55.5 Å². The number of hydrogen-bond donors (Lipinski definition) is 0. The first kappa shape index (κ1) is 23.1. The Morgan fingerprint density at radius 1 is 0.914 bits per heavy atom. The fourth-order valence-electron chi connectivity index (χ4n) is 4.86. The Labute approximate surface area is 205 Å². The Hall–Kier alpha value is -3.65. The molecule has 0 bridgehead atoms. The molecule has 0 radical (unpaired) electrons. The summed E-state index contributed by atoms with van der Waals surface area (Å²) in [6.07, 6.45) is 2.34. The average Bonchev–Trinajstić information content (AvgIpc) is 3.22. The first-order valence-electron chi connectivity index (χ1n) is 11.6. The molecule has 0 fully saturated rings. The van der Waals surface area contributed by atoms with E-state index in [1.165, 1.54) is 28.6 Å². The number of anilines is 2. The van der Waals surface area contributed by atoms with Crippen LogP contribution in [0.1, 0.15) is 34.8 Å². The van der Waals surface area contributed by atoms with Crippen LogP contribution in [0.4, 0.5) is 11.4 Å². The van der Waals surface area contributed by atoms with Crippen LogP contribution in [-0.4, -0.2) is 39.5 Å². The van der Waals surface area contributed by atoms with E-state index in [-0.39, 0.29) is 29.0 Å². The quantitative estimate of drug-likeness (QED) is 0.506. The summed E-state index contributed by atoms with van der Waals surface area (Å²) < 4.78 is 33.3. The van der Waals surface area contributed by atoms with Gasteiger partial charge in [0.05, 0.1) is 16.1 Å². The molecular weight excluding hydrogens is 464 g/mol. The lowest BCUT2D eigenvalue weighted by Crippen LogP contribution is -2.38. The first-order valence-corrected chi connectivity index (χ1v) is 13.1. The number of para-hydroxylation sites is 2. The lowest BCUT2D eigenvalue weighted by atomic mass is 10.0. The van der Waals surface area contributed by atoms with E-state index in [0.29, 0.717) is 12.2 Å². The predicted octanol–water partition coefficient (Wildman–Crippen LogP) is 3.96. The van der Waals surface area contributed by atoms with Gasteiger partial charge in [-0.3, -0.25) is 9.10 Å². The standard InChI is InChI=1S/C27H26N2O5S/c1-19-17-22-8-3-5-11-25(22)29(19)26(30)18-34-27(31)21-12-14-23(15-13-21)35(32,33)28-16-6-9-20-7-2-4-10-24(20)28/h2-5,7-8,10-15,19H,6,9,16-18H2,1H3/t19-/m0/s1. The van der Waals surface area contributed by atoms with Crippen molar-refractivity contribution in [1.82, 2.24) is 0 Å². The molecule has 3 aromatic rings. The highest BCUT2D eigenvalue weighted by Gasteiger charge is 2.31. The normalized spacial score (nSPS) is 17.0. The molecule has 2 aliphatic heterocycles. The molecule has 0 N–H and O–H groups in total. The summed E-state index contributed by atoms with van der Waals surface area (Å²) in [4.78, 5) is 27.1. The molecular formula is C27H26N2O5S. The van der Waals surface area contributed by atoms with Crippen molar-refractivity contribution in [2.75, 3.05) is 22.4 Å². The van der Waals surface area contributed by atoms with Gasteiger partial charge in [0.1, 0.15) is 0 Å². The number of carbonyl (C=O) groups is 2. The lowest BCUT2D eigenvalue weighted by Gasteiger charge is -2.30. The molecule has 2 heterocycles. The number of hydrogen-bond acceptors (Lipinski definition) is 5. The first-order chi connectivity index (χ1) is 16.9. The fraction of sp³-hybridized carbons (Fsp3) is 0.259. The Bertz CT molecular complexity index is 1380. The lowest BCUT2D eigenvalue weighted by molar-refractivity contribution is -0.122. The molecule has 1 atom stereocenters. The molecule has 0 aromatic heterocycles. The van der Waals surface area contributed by atoms with Crippen molar-refractivity contribution >= 4 is 33.3 Å². The van der Waals surface area contributed by atoms with Gasteiger partial charge in [0, 0.05) is 18.3 Å². The van der Waals surface area contributed by atoms with Gasteiger partial charge in [-0.25, -0.2) is 13.2 Å². The van der Waals surface area contributed by atoms with E-state index in [4.69, 9.17) is 4.74 Å². The number of sulfonamides is 1. The molecule has 180 valence electrons. The van der Waals surface area contributed by atoms with E-state index in [2.05, 4.69) is 0 Å². The maximum absolute atomic E-state index is 13.3. The number of esters is 1. The molecule has 3 aromatic carbocycles. The van der Waals surface area contributed by atoms with Gasteiger partial charge < -0.3 is 9.64 Å². The number of aryl methyl sites for hydroxylation is 1. The second kappa shape index (κ2) is 9.19. The molecule has 0 saturated carbocycles. The van der Waals surface area contributed by atoms with Crippen LogP contribution in [0.2, 0.25) is 0 Å². The number of ether oxygens (including phenoxy) is 1. The van der Waals surface area contributed by atoms with Gasteiger partial charge in [-0.05, 0) is 73.7 Å². The van der Waals surface area contributed by atoms with Crippen LogP contribution in [-0.2, 0) is 32.4 Å². The minimum Gasteiger partial charge on any atom is -0.452 e. The van der Waals surface area contributed by atoms with Crippen molar-refractivity contribution in [1.29, 1.82) is 0 Å². The average molecular weight is 491 g/mol. The number of carbonyl (C=O) groups excluding carboxylic acids is 2. The third-order valence-electron chi connectivity index (χ3n) is 6.55. The zero-order chi connectivity index (χ0) is 24.6. The number of nitrogens with zero attached hydrogens (tertiary/aromatic N) is 2. The topological polar surface area (TPSA) is 84.0 Å². The van der Waals surface area contributed by atoms with Gasteiger partial charge in [-0.1, -0.05) is 36.4 Å². The Morgan fingerprint density at radius 3 is 2.31 bits per heavy atom. The van der Waals surface area contributed by atoms with Gasteiger partial charge in [-0.15, -0.1) is 0 Å². The third-order valence-corrected chi connectivity index (χ3v) is 8.38. The van der Waals surface area contributed by atoms with Crippen LogP contribution in [0.25, 0.3) is 0 Å². The van der Waals surface area contributed by atoms with E-state index < -0.39 is 16.0 Å². The SMILES string of the molecule is C[C@H]1Cc2ccccc2N1C(=O)COC(=O)c1ccc(S(=O)(=O)N2CCCc3ccccc32)cc1. The monoisotopic (exact) mass is 490 g/mol. The van der Waals surface area contributed by atoms with Crippen LogP contribution in [0, 0.1) is 0 Å². The van der Waals surface area contributed by atoms with Crippen molar-refractivity contribution in [3.8, 4) is 0 Å². The highest BCUT2D eigenvalue weighted by molar-refractivity contribution is 7.92. The Balaban J connectivity index is 1.26. The van der Waals surface area contributed by atoms with Gasteiger partial charge in [0.15, 0.2) is 6.61 Å². The van der Waals surface area contributed by atoms with Crippen molar-refractivity contribution in [3.05, 3.63) is 89.5 Å². The minimum atomic E-state index is -3.77. The largest absolute Gasteiger partial charge is 0.452 e. The van der Waals surface area contributed by atoms with Crippen molar-refractivity contribution < 1.29 is 22.7 Å². The van der Waals surface area contributed by atoms with E-state index in [9.17, 15) is 18.0 Å². The minimum absolute atomic E-state index is 0.0111. The van der Waals surface area contributed by atoms with Crippen LogP contribution >= 0.6 is 0 Å². The molecule has 35 heavy (non-hydrogen) atoms. The molecule has 8 heteroatoms. The van der Waals surface area contributed by atoms with E-state index >= 15 is 0 Å². The van der Waals surface area contributed by atoms with Crippen LogP contribution in [0.15, 0.2) is 77.7 Å². The summed E-state index contributed by atoms with van der Waals surface area (Å²) in [6, 6.07) is 20.8. The second-order valence-corrected chi connectivity index (χ2v) is 10.7.